The molecule has 0 aromatic carbocycles. The molecule has 0 aromatic heterocycles. The molecule has 1 aliphatic carbocycles. The van der Waals surface area contributed by atoms with Crippen LogP contribution in [0.3, 0.4) is 0 Å². The van der Waals surface area contributed by atoms with Crippen LogP contribution in [0.25, 0.3) is 0 Å². The van der Waals surface area contributed by atoms with Crippen molar-refractivity contribution in [2.24, 2.45) is 11.3 Å². The van der Waals surface area contributed by atoms with Crippen molar-refractivity contribution in [3.8, 4) is 0 Å². The van der Waals surface area contributed by atoms with E-state index < -0.39 is 10.0 Å². The molecule has 1 fully saturated rings. The third-order valence-corrected chi connectivity index (χ3v) is 5.44. The van der Waals surface area contributed by atoms with Gasteiger partial charge in [0.1, 0.15) is 0 Å². The third kappa shape index (κ3) is 5.24. The second-order valence-corrected chi connectivity index (χ2v) is 7.64. The zero-order chi connectivity index (χ0) is 13.6. The van der Waals surface area contributed by atoms with E-state index in [0.29, 0.717) is 12.5 Å². The van der Waals surface area contributed by atoms with E-state index in [4.69, 9.17) is 0 Å². The first-order chi connectivity index (χ1) is 8.42. The fourth-order valence-electron chi connectivity index (χ4n) is 2.16. The summed E-state index contributed by atoms with van der Waals surface area (Å²) in [6, 6.07) is 0. The van der Waals surface area contributed by atoms with E-state index in [0.717, 1.165) is 38.8 Å². The van der Waals surface area contributed by atoms with E-state index in [1.165, 1.54) is 0 Å². The van der Waals surface area contributed by atoms with Crippen molar-refractivity contribution in [2.45, 2.75) is 46.5 Å². The molecular weight excluding hydrogens is 248 g/mol. The summed E-state index contributed by atoms with van der Waals surface area (Å²) >= 11 is 0. The first kappa shape index (κ1) is 15.9. The SMILES string of the molecule is CCNCCCCS(=O)(=O)NCC1(C(C)C)CC1. The lowest BCUT2D eigenvalue weighted by molar-refractivity contribution is 0.357. The Balaban J connectivity index is 2.20. The van der Waals surface area contributed by atoms with Gasteiger partial charge in [-0.2, -0.15) is 0 Å². The van der Waals surface area contributed by atoms with E-state index in [-0.39, 0.29) is 11.2 Å². The molecule has 2 N–H and O–H groups in total. The molecule has 1 saturated carbocycles. The van der Waals surface area contributed by atoms with Gasteiger partial charge in [0, 0.05) is 6.54 Å². The Labute approximate surface area is 112 Å². The Bertz CT molecular complexity index is 335. The summed E-state index contributed by atoms with van der Waals surface area (Å²) in [5.41, 5.74) is 0.247. The van der Waals surface area contributed by atoms with Gasteiger partial charge in [-0.3, -0.25) is 0 Å². The number of hydrogen-bond acceptors (Lipinski definition) is 3. The van der Waals surface area contributed by atoms with Crippen LogP contribution in [0, 0.1) is 11.3 Å². The molecule has 0 atom stereocenters. The molecule has 0 aromatic rings. The van der Waals surface area contributed by atoms with Crippen molar-refractivity contribution in [3.63, 3.8) is 0 Å². The monoisotopic (exact) mass is 276 g/mol. The van der Waals surface area contributed by atoms with Crippen LogP contribution in [0.2, 0.25) is 0 Å². The quantitative estimate of drug-likeness (QED) is 0.598. The summed E-state index contributed by atoms with van der Waals surface area (Å²) in [7, 11) is -3.07. The number of nitrogens with one attached hydrogen (secondary N) is 2. The van der Waals surface area contributed by atoms with Crippen molar-refractivity contribution in [1.29, 1.82) is 0 Å². The average molecular weight is 276 g/mol. The van der Waals surface area contributed by atoms with E-state index in [9.17, 15) is 8.42 Å². The molecule has 108 valence electrons. The normalized spacial score (nSPS) is 18.2. The minimum atomic E-state index is -3.07. The molecule has 0 amide bonds. The Morgan fingerprint density at radius 2 is 1.89 bits per heavy atom. The molecule has 0 unspecified atom stereocenters. The first-order valence-corrected chi connectivity index (χ1v) is 8.75. The minimum absolute atomic E-state index is 0.247. The summed E-state index contributed by atoms with van der Waals surface area (Å²) in [4.78, 5) is 0. The largest absolute Gasteiger partial charge is 0.317 e. The van der Waals surface area contributed by atoms with Gasteiger partial charge in [-0.25, -0.2) is 13.1 Å². The lowest BCUT2D eigenvalue weighted by Gasteiger charge is -2.19. The van der Waals surface area contributed by atoms with Crippen LogP contribution in [-0.4, -0.2) is 33.8 Å². The minimum Gasteiger partial charge on any atom is -0.317 e. The number of sulfonamides is 1. The predicted octanol–water partition coefficient (Wildman–Crippen LogP) is 1.73. The van der Waals surface area contributed by atoms with Gasteiger partial charge in [0.05, 0.1) is 5.75 Å². The Morgan fingerprint density at radius 3 is 2.39 bits per heavy atom. The van der Waals surface area contributed by atoms with Gasteiger partial charge in [-0.1, -0.05) is 20.8 Å². The number of rotatable bonds is 10. The van der Waals surface area contributed by atoms with E-state index in [1.54, 1.807) is 0 Å². The van der Waals surface area contributed by atoms with Crippen molar-refractivity contribution in [2.75, 3.05) is 25.4 Å². The summed E-state index contributed by atoms with van der Waals surface area (Å²) in [5.74, 6) is 0.820. The van der Waals surface area contributed by atoms with Gasteiger partial charge in [-0.15, -0.1) is 0 Å². The van der Waals surface area contributed by atoms with Gasteiger partial charge in [0.15, 0.2) is 0 Å². The van der Waals surface area contributed by atoms with Crippen LogP contribution in [0.15, 0.2) is 0 Å². The third-order valence-electron chi connectivity index (χ3n) is 4.03. The predicted molar refractivity (Wildman–Crippen MR) is 76.1 cm³/mol. The highest BCUT2D eigenvalue weighted by molar-refractivity contribution is 7.89. The molecule has 0 bridgehead atoms. The van der Waals surface area contributed by atoms with Crippen LogP contribution in [0.4, 0.5) is 0 Å². The summed E-state index contributed by atoms with van der Waals surface area (Å²) in [6.45, 7) is 8.89. The first-order valence-electron chi connectivity index (χ1n) is 7.10. The van der Waals surface area contributed by atoms with Crippen LogP contribution in [0.5, 0.6) is 0 Å². The maximum absolute atomic E-state index is 11.8. The van der Waals surface area contributed by atoms with Crippen LogP contribution in [0.1, 0.15) is 46.5 Å². The smallest absolute Gasteiger partial charge is 0.211 e. The highest BCUT2D eigenvalue weighted by Gasteiger charge is 2.45. The van der Waals surface area contributed by atoms with Gasteiger partial charge >= 0.3 is 0 Å². The fraction of sp³-hybridized carbons (Fsp3) is 1.00. The summed E-state index contributed by atoms with van der Waals surface area (Å²) in [5, 5.41) is 3.20. The standard InChI is InChI=1S/C13H28N2O2S/c1-4-14-9-5-6-10-18(16,17)15-11-13(7-8-13)12(2)3/h12,14-15H,4-11H2,1-3H3. The summed E-state index contributed by atoms with van der Waals surface area (Å²) < 4.78 is 26.4. The lowest BCUT2D eigenvalue weighted by Crippen LogP contribution is -2.34. The molecule has 0 spiro atoms. The fourth-order valence-corrected chi connectivity index (χ4v) is 3.40. The molecule has 0 radical (unpaired) electrons. The number of unbranched alkanes of at least 4 members (excludes halogenated alkanes) is 1. The highest BCUT2D eigenvalue weighted by atomic mass is 32.2. The highest BCUT2D eigenvalue weighted by Crippen LogP contribution is 2.51. The maximum Gasteiger partial charge on any atom is 0.211 e. The topological polar surface area (TPSA) is 58.2 Å². The number of hydrogen-bond donors (Lipinski definition) is 2. The Kier molecular flexibility index (Phi) is 6.08. The van der Waals surface area contributed by atoms with Crippen LogP contribution in [-0.2, 0) is 10.0 Å². The van der Waals surface area contributed by atoms with E-state index in [2.05, 4.69) is 30.8 Å². The second-order valence-electron chi connectivity index (χ2n) is 5.72. The summed E-state index contributed by atoms with van der Waals surface area (Å²) in [6.07, 6.45) is 3.97. The van der Waals surface area contributed by atoms with Crippen molar-refractivity contribution < 1.29 is 8.42 Å². The van der Waals surface area contributed by atoms with Crippen molar-refractivity contribution in [3.05, 3.63) is 0 Å². The maximum atomic E-state index is 11.8. The average Bonchev–Trinajstić information content (AvgIpc) is 3.07. The Hall–Kier alpha value is -0.130. The van der Waals surface area contributed by atoms with Crippen LogP contribution < -0.4 is 10.0 Å². The second kappa shape index (κ2) is 6.87. The van der Waals surface area contributed by atoms with Crippen LogP contribution >= 0.6 is 0 Å². The van der Waals surface area contributed by atoms with Gasteiger partial charge < -0.3 is 5.32 Å². The van der Waals surface area contributed by atoms with Crippen molar-refractivity contribution >= 4 is 10.0 Å². The molecule has 4 nitrogen and oxygen atoms in total. The van der Waals surface area contributed by atoms with Crippen molar-refractivity contribution in [1.82, 2.24) is 10.0 Å². The van der Waals surface area contributed by atoms with E-state index in [1.807, 2.05) is 0 Å². The molecule has 0 heterocycles. The van der Waals surface area contributed by atoms with Gasteiger partial charge in [0.25, 0.3) is 0 Å². The van der Waals surface area contributed by atoms with Gasteiger partial charge in [0.2, 0.25) is 10.0 Å². The molecule has 18 heavy (non-hydrogen) atoms. The molecule has 0 aliphatic heterocycles. The zero-order valence-electron chi connectivity index (χ0n) is 12.0. The zero-order valence-corrected chi connectivity index (χ0v) is 12.8. The van der Waals surface area contributed by atoms with E-state index >= 15 is 0 Å². The molecule has 0 saturated heterocycles. The molecule has 1 aliphatic rings. The Morgan fingerprint density at radius 1 is 1.22 bits per heavy atom. The van der Waals surface area contributed by atoms with Gasteiger partial charge in [-0.05, 0) is 50.1 Å². The molecule has 1 rings (SSSR count). The molecular formula is C13H28N2O2S. The molecule has 5 heteroatoms. The lowest BCUT2D eigenvalue weighted by atomic mass is 9.93.